The Labute approximate surface area is 222 Å². The number of esters is 1. The number of Topliss-reactive ketones (excluding diaryl/α,β-unsaturated/α-hetero) is 1. The second-order valence-electron chi connectivity index (χ2n) is 9.84. The molecule has 3 heterocycles. The number of nitrogens with zero attached hydrogens (tertiary/aromatic N) is 2. The van der Waals surface area contributed by atoms with Crippen molar-refractivity contribution in [2.24, 2.45) is 11.8 Å². The first-order valence-corrected chi connectivity index (χ1v) is 12.7. The Morgan fingerprint density at radius 3 is 2.68 bits per heavy atom. The van der Waals surface area contributed by atoms with E-state index in [2.05, 4.69) is 10.3 Å². The Balaban J connectivity index is 1.86. The van der Waals surface area contributed by atoms with Gasteiger partial charge < -0.3 is 24.5 Å². The second-order valence-corrected chi connectivity index (χ2v) is 9.84. The van der Waals surface area contributed by atoms with Gasteiger partial charge in [-0.1, -0.05) is 56.7 Å². The van der Waals surface area contributed by atoms with Crippen molar-refractivity contribution in [1.82, 2.24) is 15.2 Å². The van der Waals surface area contributed by atoms with Crippen LogP contribution in [0.3, 0.4) is 0 Å². The van der Waals surface area contributed by atoms with Crippen molar-refractivity contribution in [1.29, 1.82) is 0 Å². The molecule has 2 N–H and O–H groups in total. The Bertz CT molecular complexity index is 1170. The molecule has 2 aliphatic rings. The number of amides is 2. The molecule has 38 heavy (non-hydrogen) atoms. The van der Waals surface area contributed by atoms with Gasteiger partial charge in [0.15, 0.2) is 5.69 Å². The highest BCUT2D eigenvalue weighted by molar-refractivity contribution is 6.00. The van der Waals surface area contributed by atoms with E-state index in [0.717, 1.165) is 11.8 Å². The average Bonchev–Trinajstić information content (AvgIpc) is 3.52. The number of rotatable bonds is 1. The van der Waals surface area contributed by atoms with Crippen LogP contribution < -0.4 is 5.32 Å². The minimum Gasteiger partial charge on any atom is -0.457 e. The predicted molar refractivity (Wildman–Crippen MR) is 139 cm³/mol. The van der Waals surface area contributed by atoms with Gasteiger partial charge in [-0.05, 0) is 25.3 Å². The van der Waals surface area contributed by atoms with Crippen molar-refractivity contribution in [3.63, 3.8) is 0 Å². The summed E-state index contributed by atoms with van der Waals surface area (Å²) in [5, 5.41) is 13.0. The Morgan fingerprint density at radius 2 is 1.95 bits per heavy atom. The molecule has 0 aromatic carbocycles. The van der Waals surface area contributed by atoms with Gasteiger partial charge in [-0.15, -0.1) is 0 Å². The van der Waals surface area contributed by atoms with Crippen LogP contribution in [0, 0.1) is 11.8 Å². The van der Waals surface area contributed by atoms with E-state index >= 15 is 0 Å². The average molecular weight is 526 g/mol. The van der Waals surface area contributed by atoms with Gasteiger partial charge in [0.1, 0.15) is 23.8 Å². The molecule has 0 saturated carbocycles. The van der Waals surface area contributed by atoms with Crippen LogP contribution in [0.25, 0.3) is 0 Å². The van der Waals surface area contributed by atoms with E-state index < -0.39 is 24.1 Å². The number of carbonyl (C=O) groups is 4. The maximum absolute atomic E-state index is 13.1. The second kappa shape index (κ2) is 13.1. The van der Waals surface area contributed by atoms with Crippen LogP contribution in [0.15, 0.2) is 58.4 Å². The molecule has 2 aliphatic heterocycles. The molecule has 3 atom stereocenters. The Kier molecular flexibility index (Phi) is 9.95. The standard InChI is InChI=1S/C28H35N3O7/c1-17(2)26-19(4)9-10-24(34)29-11-5-7-18(3)13-20(32)14-21(33)15-25-30-22(16-37-25)27(35)31-12-6-8-23(31)28(36)38-26/h5,7-10,13,16-17,19-20,26,32H,6,11-12,14-15H2,1-4H3,(H,29,34)/b7-5?,10-9-,18-13?. The number of nitrogens with one attached hydrogen (secondary N) is 1. The number of cyclic esters (lactones) is 1. The van der Waals surface area contributed by atoms with Gasteiger partial charge in [0.05, 0.1) is 12.5 Å². The highest BCUT2D eigenvalue weighted by Gasteiger charge is 2.33. The molecule has 0 spiro atoms. The molecular weight excluding hydrogens is 490 g/mol. The van der Waals surface area contributed by atoms with E-state index in [0.29, 0.717) is 6.42 Å². The summed E-state index contributed by atoms with van der Waals surface area (Å²) >= 11 is 0. The quantitative estimate of drug-likeness (QED) is 0.534. The molecule has 2 bridgehead atoms. The number of ketones is 1. The number of aliphatic hydroxyl groups excluding tert-OH is 1. The van der Waals surface area contributed by atoms with Gasteiger partial charge in [-0.2, -0.15) is 0 Å². The Morgan fingerprint density at radius 1 is 1.18 bits per heavy atom. The molecule has 1 aromatic heterocycles. The number of fused-ring (bicyclic) bond motifs is 3. The van der Waals surface area contributed by atoms with E-state index in [1.807, 2.05) is 20.8 Å². The maximum Gasteiger partial charge on any atom is 0.355 e. The van der Waals surface area contributed by atoms with Crippen molar-refractivity contribution in [2.75, 3.05) is 13.1 Å². The maximum atomic E-state index is 13.1. The fourth-order valence-electron chi connectivity index (χ4n) is 4.33. The summed E-state index contributed by atoms with van der Waals surface area (Å²) in [5.41, 5.74) is 0.809. The number of allylic oxidation sites excluding steroid dienone is 2. The summed E-state index contributed by atoms with van der Waals surface area (Å²) in [6, 6.07) is 0. The summed E-state index contributed by atoms with van der Waals surface area (Å²) < 4.78 is 11.1. The number of ether oxygens (including phenoxy) is 1. The van der Waals surface area contributed by atoms with Crippen LogP contribution in [-0.2, 0) is 25.5 Å². The monoisotopic (exact) mass is 525 g/mol. The van der Waals surface area contributed by atoms with Crippen molar-refractivity contribution in [3.05, 3.63) is 65.6 Å². The highest BCUT2D eigenvalue weighted by atomic mass is 16.5. The predicted octanol–water partition coefficient (Wildman–Crippen LogP) is 2.66. The molecule has 0 radical (unpaired) electrons. The lowest BCUT2D eigenvalue weighted by Gasteiger charge is -2.27. The molecule has 0 fully saturated rings. The molecule has 2 amide bonds. The van der Waals surface area contributed by atoms with Gasteiger partial charge in [0.25, 0.3) is 5.91 Å². The first-order chi connectivity index (χ1) is 18.0. The zero-order valence-electron chi connectivity index (χ0n) is 22.2. The van der Waals surface area contributed by atoms with Crippen LogP contribution >= 0.6 is 0 Å². The molecule has 3 rings (SSSR count). The molecule has 1 aromatic rings. The highest BCUT2D eigenvalue weighted by Crippen LogP contribution is 2.24. The van der Waals surface area contributed by atoms with E-state index in [-0.39, 0.29) is 66.7 Å². The van der Waals surface area contributed by atoms with Crippen LogP contribution in [0.4, 0.5) is 0 Å². The van der Waals surface area contributed by atoms with Crippen molar-refractivity contribution < 1.29 is 33.4 Å². The van der Waals surface area contributed by atoms with Gasteiger partial charge >= 0.3 is 5.97 Å². The molecule has 10 nitrogen and oxygen atoms in total. The summed E-state index contributed by atoms with van der Waals surface area (Å²) in [6.07, 6.45) is 9.48. The Hall–Kier alpha value is -3.79. The van der Waals surface area contributed by atoms with Gasteiger partial charge in [-0.3, -0.25) is 14.4 Å². The fourth-order valence-corrected chi connectivity index (χ4v) is 4.33. The van der Waals surface area contributed by atoms with Crippen LogP contribution in [-0.4, -0.2) is 63.9 Å². The van der Waals surface area contributed by atoms with Crippen molar-refractivity contribution in [3.8, 4) is 0 Å². The number of aliphatic hydroxyl groups is 1. The number of hydrogen-bond donors (Lipinski definition) is 2. The molecule has 0 aliphatic carbocycles. The normalized spacial score (nSPS) is 25.4. The SMILES string of the molecule is CC1=CC(O)CC(=O)Cc2nc(co2)C(=O)N2CCC=C2C(=O)OC(C(C)C)C(C)/C=C\C(=O)NCC=C1. The van der Waals surface area contributed by atoms with E-state index in [9.17, 15) is 24.3 Å². The van der Waals surface area contributed by atoms with E-state index in [4.69, 9.17) is 9.15 Å². The lowest BCUT2D eigenvalue weighted by Crippen LogP contribution is -2.36. The molecule has 10 heteroatoms. The smallest absolute Gasteiger partial charge is 0.355 e. The minimum atomic E-state index is -1.01. The first kappa shape index (κ1) is 28.8. The topological polar surface area (TPSA) is 139 Å². The minimum absolute atomic E-state index is 0.0315. The van der Waals surface area contributed by atoms with Crippen LogP contribution in [0.5, 0.6) is 0 Å². The molecule has 0 saturated heterocycles. The van der Waals surface area contributed by atoms with Crippen LogP contribution in [0.1, 0.15) is 56.9 Å². The first-order valence-electron chi connectivity index (χ1n) is 12.7. The fraction of sp³-hybridized carbons (Fsp3) is 0.464. The van der Waals surface area contributed by atoms with Gasteiger partial charge in [-0.25, -0.2) is 9.78 Å². The van der Waals surface area contributed by atoms with E-state index in [1.165, 1.54) is 11.0 Å². The molecule has 3 unspecified atom stereocenters. The third-order valence-corrected chi connectivity index (χ3v) is 6.19. The largest absolute Gasteiger partial charge is 0.457 e. The number of carbonyl (C=O) groups excluding carboxylic acids is 4. The zero-order valence-corrected chi connectivity index (χ0v) is 22.2. The lowest BCUT2D eigenvalue weighted by molar-refractivity contribution is -0.149. The summed E-state index contributed by atoms with van der Waals surface area (Å²) in [4.78, 5) is 56.3. The zero-order chi connectivity index (χ0) is 27.8. The van der Waals surface area contributed by atoms with Crippen LogP contribution in [0.2, 0.25) is 0 Å². The molecule has 204 valence electrons. The van der Waals surface area contributed by atoms with Crippen molar-refractivity contribution in [2.45, 2.75) is 59.2 Å². The number of aromatic nitrogens is 1. The summed E-state index contributed by atoms with van der Waals surface area (Å²) in [7, 11) is 0. The summed E-state index contributed by atoms with van der Waals surface area (Å²) in [5.74, 6) is -2.07. The third kappa shape index (κ3) is 7.85. The number of hydrogen-bond acceptors (Lipinski definition) is 8. The van der Waals surface area contributed by atoms with Crippen molar-refractivity contribution >= 4 is 23.6 Å². The third-order valence-electron chi connectivity index (χ3n) is 6.19. The van der Waals surface area contributed by atoms with E-state index in [1.54, 1.807) is 37.3 Å². The number of oxazole rings is 1. The lowest BCUT2D eigenvalue weighted by atomic mass is 9.94. The van der Waals surface area contributed by atoms with Gasteiger partial charge in [0.2, 0.25) is 11.8 Å². The summed E-state index contributed by atoms with van der Waals surface area (Å²) in [6.45, 7) is 8.00. The van der Waals surface area contributed by atoms with Gasteiger partial charge in [0, 0.05) is 25.4 Å². The molecular formula is C28H35N3O7.